The van der Waals surface area contributed by atoms with Gasteiger partial charge in [0.2, 0.25) is 0 Å². The van der Waals surface area contributed by atoms with Gasteiger partial charge in [-0.15, -0.1) is 0 Å². The Morgan fingerprint density at radius 3 is 2.38 bits per heavy atom. The van der Waals surface area contributed by atoms with Crippen LogP contribution in [0.25, 0.3) is 0 Å². The third-order valence-corrected chi connectivity index (χ3v) is 3.06. The molecule has 112 valence electrons. The standard InChI is InChI=1S/C16H23N5/c1-5-17-14-8-15(21-16(20-14)11(2)3)19-10-13-7-6-12(4)18-9-13/h6-9,11H,5,10H2,1-4H3,(H2,17,19,20,21). The van der Waals surface area contributed by atoms with Crippen LogP contribution in [0, 0.1) is 6.92 Å². The van der Waals surface area contributed by atoms with Crippen LogP contribution in [0.5, 0.6) is 0 Å². The first kappa shape index (κ1) is 15.2. The molecule has 0 spiro atoms. The maximum absolute atomic E-state index is 4.57. The molecule has 0 aliphatic rings. The molecule has 0 aromatic carbocycles. The lowest BCUT2D eigenvalue weighted by molar-refractivity contribution is 0.775. The zero-order valence-corrected chi connectivity index (χ0v) is 13.1. The molecule has 0 aliphatic heterocycles. The molecule has 0 saturated carbocycles. The van der Waals surface area contributed by atoms with Gasteiger partial charge < -0.3 is 10.6 Å². The lowest BCUT2D eigenvalue weighted by Crippen LogP contribution is -2.09. The Labute approximate surface area is 126 Å². The van der Waals surface area contributed by atoms with E-state index in [1.54, 1.807) is 0 Å². The van der Waals surface area contributed by atoms with Crippen LogP contribution in [-0.2, 0) is 6.54 Å². The van der Waals surface area contributed by atoms with Gasteiger partial charge in [0.15, 0.2) is 0 Å². The summed E-state index contributed by atoms with van der Waals surface area (Å²) >= 11 is 0. The average molecular weight is 285 g/mol. The molecular formula is C16H23N5. The van der Waals surface area contributed by atoms with Crippen molar-refractivity contribution in [2.75, 3.05) is 17.2 Å². The largest absolute Gasteiger partial charge is 0.370 e. The number of hydrogen-bond acceptors (Lipinski definition) is 5. The summed E-state index contributed by atoms with van der Waals surface area (Å²) in [5.74, 6) is 2.84. The molecule has 0 fully saturated rings. The first-order chi connectivity index (χ1) is 10.1. The molecule has 2 rings (SSSR count). The van der Waals surface area contributed by atoms with E-state index < -0.39 is 0 Å². The fraction of sp³-hybridized carbons (Fsp3) is 0.438. The fourth-order valence-electron chi connectivity index (χ4n) is 1.88. The molecule has 2 aromatic heterocycles. The highest BCUT2D eigenvalue weighted by atomic mass is 15.1. The van der Waals surface area contributed by atoms with Crippen LogP contribution in [-0.4, -0.2) is 21.5 Å². The summed E-state index contributed by atoms with van der Waals surface area (Å²) in [6.45, 7) is 9.78. The molecule has 0 amide bonds. The van der Waals surface area contributed by atoms with Crippen molar-refractivity contribution in [2.24, 2.45) is 0 Å². The van der Waals surface area contributed by atoms with Crippen LogP contribution >= 0.6 is 0 Å². The normalized spacial score (nSPS) is 10.7. The minimum atomic E-state index is 0.296. The third kappa shape index (κ3) is 4.41. The second kappa shape index (κ2) is 7.02. The van der Waals surface area contributed by atoms with E-state index in [9.17, 15) is 0 Å². The minimum absolute atomic E-state index is 0.296. The third-order valence-electron chi connectivity index (χ3n) is 3.06. The molecule has 21 heavy (non-hydrogen) atoms. The number of aryl methyl sites for hydroxylation is 1. The first-order valence-corrected chi connectivity index (χ1v) is 7.36. The predicted molar refractivity (Wildman–Crippen MR) is 86.6 cm³/mol. The minimum Gasteiger partial charge on any atom is -0.370 e. The summed E-state index contributed by atoms with van der Waals surface area (Å²) < 4.78 is 0. The topological polar surface area (TPSA) is 62.7 Å². The fourth-order valence-corrected chi connectivity index (χ4v) is 1.88. The van der Waals surface area contributed by atoms with Gasteiger partial charge in [-0.2, -0.15) is 0 Å². The summed E-state index contributed by atoms with van der Waals surface area (Å²) in [5.41, 5.74) is 2.16. The van der Waals surface area contributed by atoms with Crippen molar-refractivity contribution in [2.45, 2.75) is 40.2 Å². The van der Waals surface area contributed by atoms with E-state index in [0.29, 0.717) is 12.5 Å². The van der Waals surface area contributed by atoms with E-state index >= 15 is 0 Å². The number of nitrogens with zero attached hydrogens (tertiary/aromatic N) is 3. The van der Waals surface area contributed by atoms with Gasteiger partial charge in [0.05, 0.1) is 0 Å². The van der Waals surface area contributed by atoms with E-state index in [2.05, 4.69) is 52.4 Å². The van der Waals surface area contributed by atoms with Crippen LogP contribution in [0.2, 0.25) is 0 Å². The highest BCUT2D eigenvalue weighted by Crippen LogP contribution is 2.17. The highest BCUT2D eigenvalue weighted by molar-refractivity contribution is 5.48. The summed E-state index contributed by atoms with van der Waals surface area (Å²) in [5, 5.41) is 6.59. The molecule has 5 nitrogen and oxygen atoms in total. The van der Waals surface area contributed by atoms with E-state index in [0.717, 1.165) is 35.3 Å². The lowest BCUT2D eigenvalue weighted by Gasteiger charge is -2.12. The van der Waals surface area contributed by atoms with Crippen LogP contribution in [0.15, 0.2) is 24.4 Å². The van der Waals surface area contributed by atoms with Crippen molar-refractivity contribution >= 4 is 11.6 Å². The zero-order chi connectivity index (χ0) is 15.2. The Hall–Kier alpha value is -2.17. The van der Waals surface area contributed by atoms with Crippen molar-refractivity contribution in [3.63, 3.8) is 0 Å². The van der Waals surface area contributed by atoms with Crippen molar-refractivity contribution in [3.05, 3.63) is 41.5 Å². The molecule has 0 radical (unpaired) electrons. The smallest absolute Gasteiger partial charge is 0.135 e. The number of pyridine rings is 1. The highest BCUT2D eigenvalue weighted by Gasteiger charge is 2.07. The maximum atomic E-state index is 4.57. The predicted octanol–water partition coefficient (Wildman–Crippen LogP) is 3.35. The van der Waals surface area contributed by atoms with Gasteiger partial charge in [-0.05, 0) is 25.5 Å². The SMILES string of the molecule is CCNc1cc(NCc2ccc(C)nc2)nc(C(C)C)n1. The summed E-state index contributed by atoms with van der Waals surface area (Å²) in [7, 11) is 0. The van der Waals surface area contributed by atoms with Gasteiger partial charge in [0.25, 0.3) is 0 Å². The Kier molecular flexibility index (Phi) is 5.09. The number of hydrogen-bond donors (Lipinski definition) is 2. The van der Waals surface area contributed by atoms with Gasteiger partial charge in [0.1, 0.15) is 17.5 Å². The quantitative estimate of drug-likeness (QED) is 0.852. The Morgan fingerprint density at radius 2 is 1.81 bits per heavy atom. The van der Waals surface area contributed by atoms with E-state index in [1.165, 1.54) is 0 Å². The van der Waals surface area contributed by atoms with Crippen molar-refractivity contribution in [1.29, 1.82) is 0 Å². The zero-order valence-electron chi connectivity index (χ0n) is 13.1. The molecule has 0 atom stereocenters. The van der Waals surface area contributed by atoms with Crippen LogP contribution in [0.1, 0.15) is 43.8 Å². The van der Waals surface area contributed by atoms with E-state index in [-0.39, 0.29) is 0 Å². The van der Waals surface area contributed by atoms with Crippen molar-refractivity contribution in [1.82, 2.24) is 15.0 Å². The molecule has 0 unspecified atom stereocenters. The molecule has 0 bridgehead atoms. The Bertz CT molecular complexity index is 578. The Morgan fingerprint density at radius 1 is 1.10 bits per heavy atom. The summed E-state index contributed by atoms with van der Waals surface area (Å²) in [6.07, 6.45) is 1.89. The molecular weight excluding hydrogens is 262 g/mol. The second-order valence-corrected chi connectivity index (χ2v) is 5.34. The monoisotopic (exact) mass is 285 g/mol. The van der Waals surface area contributed by atoms with Crippen LogP contribution in [0.4, 0.5) is 11.6 Å². The lowest BCUT2D eigenvalue weighted by atomic mass is 10.2. The molecule has 0 aliphatic carbocycles. The van der Waals surface area contributed by atoms with Gasteiger partial charge in [-0.3, -0.25) is 4.98 Å². The van der Waals surface area contributed by atoms with Gasteiger partial charge in [-0.1, -0.05) is 19.9 Å². The number of anilines is 2. The Balaban J connectivity index is 2.12. The molecule has 5 heteroatoms. The summed E-state index contributed by atoms with van der Waals surface area (Å²) in [4.78, 5) is 13.4. The van der Waals surface area contributed by atoms with Gasteiger partial charge in [0, 0.05) is 37.0 Å². The first-order valence-electron chi connectivity index (χ1n) is 7.36. The maximum Gasteiger partial charge on any atom is 0.135 e. The van der Waals surface area contributed by atoms with Crippen LogP contribution < -0.4 is 10.6 Å². The van der Waals surface area contributed by atoms with Crippen molar-refractivity contribution < 1.29 is 0 Å². The molecule has 0 saturated heterocycles. The summed E-state index contributed by atoms with van der Waals surface area (Å²) in [6, 6.07) is 6.03. The van der Waals surface area contributed by atoms with E-state index in [1.807, 2.05) is 25.3 Å². The second-order valence-electron chi connectivity index (χ2n) is 5.34. The average Bonchev–Trinajstić information content (AvgIpc) is 2.47. The molecule has 2 heterocycles. The van der Waals surface area contributed by atoms with Crippen molar-refractivity contribution in [3.8, 4) is 0 Å². The number of nitrogens with one attached hydrogen (secondary N) is 2. The van der Waals surface area contributed by atoms with Crippen LogP contribution in [0.3, 0.4) is 0 Å². The van der Waals surface area contributed by atoms with E-state index in [4.69, 9.17) is 0 Å². The van der Waals surface area contributed by atoms with Gasteiger partial charge in [-0.25, -0.2) is 9.97 Å². The molecule has 2 N–H and O–H groups in total. The number of aromatic nitrogens is 3. The van der Waals surface area contributed by atoms with Gasteiger partial charge >= 0.3 is 0 Å². The molecule has 2 aromatic rings. The number of rotatable bonds is 6.